The van der Waals surface area contributed by atoms with Crippen molar-refractivity contribution in [2.45, 2.75) is 13.8 Å². The number of nitrogens with one attached hydrogen (secondary N) is 2. The Kier molecular flexibility index (Phi) is 5.32. The summed E-state index contributed by atoms with van der Waals surface area (Å²) in [5.41, 5.74) is 7.20. The molecular formula is C26H24FN7O. The molecule has 0 spiro atoms. The van der Waals surface area contributed by atoms with Gasteiger partial charge < -0.3 is 10.3 Å². The summed E-state index contributed by atoms with van der Waals surface area (Å²) in [6.07, 6.45) is 10.3. The zero-order chi connectivity index (χ0) is 24.9. The summed E-state index contributed by atoms with van der Waals surface area (Å²) in [6.45, 7) is 7.14. The number of pyridine rings is 1. The van der Waals surface area contributed by atoms with Gasteiger partial charge in [-0.1, -0.05) is 6.58 Å². The molecule has 8 nitrogen and oxygen atoms in total. The van der Waals surface area contributed by atoms with E-state index in [9.17, 15) is 4.79 Å². The quantitative estimate of drug-likeness (QED) is 0.358. The second-order valence-corrected chi connectivity index (χ2v) is 8.52. The van der Waals surface area contributed by atoms with Crippen molar-refractivity contribution in [1.82, 2.24) is 29.5 Å². The molecule has 4 heterocycles. The van der Waals surface area contributed by atoms with Crippen molar-refractivity contribution in [3.05, 3.63) is 72.7 Å². The lowest BCUT2D eigenvalue weighted by Gasteiger charge is -2.13. The topological polar surface area (TPSA) is 93.4 Å². The van der Waals surface area contributed by atoms with Crippen LogP contribution in [0.1, 0.15) is 11.1 Å². The molecule has 35 heavy (non-hydrogen) atoms. The Morgan fingerprint density at radius 3 is 2.34 bits per heavy atom. The minimum atomic E-state index is -0.428. The van der Waals surface area contributed by atoms with Crippen LogP contribution in [0.2, 0.25) is 0 Å². The number of nitrogens with zero attached hydrogens (tertiary/aromatic N) is 5. The number of aromatic amines is 1. The highest BCUT2D eigenvalue weighted by Gasteiger charge is 2.22. The highest BCUT2D eigenvalue weighted by atomic mass is 19.1. The van der Waals surface area contributed by atoms with Gasteiger partial charge in [-0.25, -0.2) is 9.37 Å². The standard InChI is InChI=1S/C26H24FN7O/c1-6-22(35)31-21-8-16(7-20(27)15(21)3)24-23-14(2)19(17-9-29-33(4)12-17)11-28-26(23)32-25(24)18-10-30-34(5)13-18/h6-13H,1H2,2-5H3,(H,28,32)(H,31,35). The molecule has 0 aliphatic heterocycles. The van der Waals surface area contributed by atoms with E-state index in [2.05, 4.69) is 27.1 Å². The van der Waals surface area contributed by atoms with E-state index in [0.717, 1.165) is 45.0 Å². The Balaban J connectivity index is 1.83. The van der Waals surface area contributed by atoms with E-state index in [1.807, 2.05) is 39.6 Å². The summed E-state index contributed by atoms with van der Waals surface area (Å²) in [5, 5.41) is 12.2. The fourth-order valence-electron chi connectivity index (χ4n) is 4.35. The number of hydrogen-bond acceptors (Lipinski definition) is 4. The molecule has 176 valence electrons. The van der Waals surface area contributed by atoms with Crippen LogP contribution < -0.4 is 5.32 Å². The van der Waals surface area contributed by atoms with Gasteiger partial charge in [0, 0.05) is 71.6 Å². The van der Waals surface area contributed by atoms with E-state index in [0.29, 0.717) is 22.5 Å². The van der Waals surface area contributed by atoms with Crippen molar-refractivity contribution >= 4 is 22.6 Å². The minimum absolute atomic E-state index is 0.345. The molecule has 0 saturated carbocycles. The summed E-state index contributed by atoms with van der Waals surface area (Å²) in [4.78, 5) is 20.1. The zero-order valence-electron chi connectivity index (χ0n) is 19.8. The SMILES string of the molecule is C=CC(=O)Nc1cc(-c2c(-c3cnn(C)c3)[nH]c3ncc(-c4cnn(C)c4)c(C)c23)cc(F)c1C. The number of carbonyl (C=O) groups is 1. The van der Waals surface area contributed by atoms with Crippen molar-refractivity contribution in [3.63, 3.8) is 0 Å². The molecule has 5 rings (SSSR count). The number of anilines is 1. The van der Waals surface area contributed by atoms with E-state index in [-0.39, 0.29) is 0 Å². The van der Waals surface area contributed by atoms with Gasteiger partial charge >= 0.3 is 0 Å². The van der Waals surface area contributed by atoms with E-state index in [4.69, 9.17) is 4.98 Å². The van der Waals surface area contributed by atoms with Crippen LogP contribution in [0, 0.1) is 19.7 Å². The summed E-state index contributed by atoms with van der Waals surface area (Å²) < 4.78 is 18.6. The molecule has 1 amide bonds. The highest BCUT2D eigenvalue weighted by molar-refractivity contribution is 6.07. The Morgan fingerprint density at radius 2 is 1.71 bits per heavy atom. The van der Waals surface area contributed by atoms with Crippen LogP contribution in [0.3, 0.4) is 0 Å². The van der Waals surface area contributed by atoms with Crippen molar-refractivity contribution in [3.8, 4) is 33.5 Å². The summed E-state index contributed by atoms with van der Waals surface area (Å²) in [6, 6.07) is 3.26. The zero-order valence-corrected chi connectivity index (χ0v) is 19.8. The van der Waals surface area contributed by atoms with Crippen molar-refractivity contribution in [2.24, 2.45) is 14.1 Å². The van der Waals surface area contributed by atoms with Crippen molar-refractivity contribution in [2.75, 3.05) is 5.32 Å². The number of fused-ring (bicyclic) bond motifs is 1. The molecule has 0 bridgehead atoms. The third-order valence-electron chi connectivity index (χ3n) is 6.17. The lowest BCUT2D eigenvalue weighted by atomic mass is 9.94. The van der Waals surface area contributed by atoms with Gasteiger partial charge in [0.2, 0.25) is 5.91 Å². The Bertz CT molecular complexity index is 1620. The molecule has 0 atom stereocenters. The number of benzene rings is 1. The van der Waals surface area contributed by atoms with E-state index < -0.39 is 11.7 Å². The molecule has 2 N–H and O–H groups in total. The van der Waals surface area contributed by atoms with Crippen LogP contribution in [0.15, 0.2) is 55.8 Å². The lowest BCUT2D eigenvalue weighted by Crippen LogP contribution is -2.09. The van der Waals surface area contributed by atoms with Gasteiger partial charge in [-0.2, -0.15) is 10.2 Å². The van der Waals surface area contributed by atoms with Crippen LogP contribution >= 0.6 is 0 Å². The first kappa shape index (κ1) is 22.3. The molecule has 0 saturated heterocycles. The largest absolute Gasteiger partial charge is 0.339 e. The number of H-pyrrole nitrogens is 1. The molecule has 9 heteroatoms. The molecule has 0 aliphatic rings. The highest BCUT2D eigenvalue weighted by Crippen LogP contribution is 2.42. The summed E-state index contributed by atoms with van der Waals surface area (Å²) in [5.74, 6) is -0.838. The molecule has 0 fully saturated rings. The second-order valence-electron chi connectivity index (χ2n) is 8.52. The fourth-order valence-corrected chi connectivity index (χ4v) is 4.35. The van der Waals surface area contributed by atoms with E-state index in [1.165, 1.54) is 6.07 Å². The average Bonchev–Trinajstić information content (AvgIpc) is 3.55. The Morgan fingerprint density at radius 1 is 1.03 bits per heavy atom. The number of halogens is 1. The lowest BCUT2D eigenvalue weighted by molar-refractivity contribution is -0.111. The van der Waals surface area contributed by atoms with Gasteiger partial charge in [0.05, 0.1) is 18.1 Å². The maximum atomic E-state index is 15.1. The van der Waals surface area contributed by atoms with Crippen LogP contribution in [0.5, 0.6) is 0 Å². The van der Waals surface area contributed by atoms with Gasteiger partial charge in [0.15, 0.2) is 0 Å². The van der Waals surface area contributed by atoms with Gasteiger partial charge in [-0.3, -0.25) is 14.2 Å². The van der Waals surface area contributed by atoms with Gasteiger partial charge in [0.1, 0.15) is 11.5 Å². The van der Waals surface area contributed by atoms with Crippen LogP contribution in [0.25, 0.3) is 44.5 Å². The van der Waals surface area contributed by atoms with Gasteiger partial charge in [-0.15, -0.1) is 0 Å². The Labute approximate surface area is 201 Å². The fraction of sp³-hybridized carbons (Fsp3) is 0.154. The normalized spacial score (nSPS) is 11.2. The van der Waals surface area contributed by atoms with E-state index >= 15 is 4.39 Å². The van der Waals surface area contributed by atoms with Crippen LogP contribution in [-0.2, 0) is 18.9 Å². The first-order valence-corrected chi connectivity index (χ1v) is 11.0. The second kappa shape index (κ2) is 8.35. The molecule has 0 radical (unpaired) electrons. The minimum Gasteiger partial charge on any atom is -0.339 e. The maximum absolute atomic E-state index is 15.1. The molecule has 1 aromatic carbocycles. The summed E-state index contributed by atoms with van der Waals surface area (Å²) in [7, 11) is 3.70. The van der Waals surface area contributed by atoms with Crippen molar-refractivity contribution in [1.29, 1.82) is 0 Å². The first-order valence-electron chi connectivity index (χ1n) is 11.0. The van der Waals surface area contributed by atoms with Crippen molar-refractivity contribution < 1.29 is 9.18 Å². The average molecular weight is 470 g/mol. The van der Waals surface area contributed by atoms with Gasteiger partial charge in [0.25, 0.3) is 0 Å². The third kappa shape index (κ3) is 3.80. The molecule has 4 aromatic heterocycles. The van der Waals surface area contributed by atoms with Crippen LogP contribution in [-0.4, -0.2) is 35.4 Å². The first-order chi connectivity index (χ1) is 16.8. The number of amides is 1. The number of carbonyl (C=O) groups excluding carboxylic acids is 1. The third-order valence-corrected chi connectivity index (χ3v) is 6.17. The maximum Gasteiger partial charge on any atom is 0.247 e. The predicted molar refractivity (Wildman–Crippen MR) is 134 cm³/mol. The molecule has 5 aromatic rings. The molecular weight excluding hydrogens is 445 g/mol. The summed E-state index contributed by atoms with van der Waals surface area (Å²) >= 11 is 0. The number of aromatic nitrogens is 6. The monoisotopic (exact) mass is 469 g/mol. The molecule has 0 aliphatic carbocycles. The number of aryl methyl sites for hydroxylation is 3. The molecule has 0 unspecified atom stereocenters. The van der Waals surface area contributed by atoms with E-state index in [1.54, 1.807) is 34.7 Å². The predicted octanol–water partition coefficient (Wildman–Crippen LogP) is 4.91. The smallest absolute Gasteiger partial charge is 0.247 e. The van der Waals surface area contributed by atoms with Gasteiger partial charge in [-0.05, 0) is 43.2 Å². The number of hydrogen-bond donors (Lipinski definition) is 2. The van der Waals surface area contributed by atoms with Crippen LogP contribution in [0.4, 0.5) is 10.1 Å². The Hall–Kier alpha value is -4.53. The number of rotatable bonds is 5.